The number of ether oxygens (including phenoxy) is 2. The number of ketones is 1. The SMILES string of the molecule is COC(=O)[C@@H]1C=C2CC(=O)CC[C@]2(C)[C@@]23O[C@@H]2C[C@@]2(C)C(CC[C@@]2(O)CCC(=O)O)C13. The molecule has 1 aliphatic heterocycles. The minimum Gasteiger partial charge on any atom is -0.481 e. The van der Waals surface area contributed by atoms with E-state index in [0.29, 0.717) is 32.1 Å². The lowest BCUT2D eigenvalue weighted by Crippen LogP contribution is -2.62. The van der Waals surface area contributed by atoms with Crippen LogP contribution < -0.4 is 0 Å². The Morgan fingerprint density at radius 2 is 2.03 bits per heavy atom. The largest absolute Gasteiger partial charge is 0.481 e. The molecule has 1 heterocycles. The van der Waals surface area contributed by atoms with Crippen LogP contribution >= 0.6 is 0 Å². The van der Waals surface area contributed by atoms with Crippen molar-refractivity contribution in [2.45, 2.75) is 82.5 Å². The molecular weight excluding hydrogens is 400 g/mol. The third-order valence-electron chi connectivity index (χ3n) is 9.90. The first-order chi connectivity index (χ1) is 14.5. The Morgan fingerprint density at radius 3 is 2.71 bits per heavy atom. The van der Waals surface area contributed by atoms with Crippen molar-refractivity contribution in [3.63, 3.8) is 0 Å². The second-order valence-corrected chi connectivity index (χ2v) is 10.9. The van der Waals surface area contributed by atoms with E-state index in [1.54, 1.807) is 0 Å². The topological polar surface area (TPSA) is 113 Å². The first-order valence-electron chi connectivity index (χ1n) is 11.5. The zero-order valence-electron chi connectivity index (χ0n) is 18.5. The number of carboxylic acids is 1. The van der Waals surface area contributed by atoms with E-state index in [0.717, 1.165) is 12.0 Å². The van der Waals surface area contributed by atoms with Crippen LogP contribution in [0.5, 0.6) is 0 Å². The van der Waals surface area contributed by atoms with Crippen molar-refractivity contribution in [3.8, 4) is 0 Å². The van der Waals surface area contributed by atoms with Gasteiger partial charge in [0.2, 0.25) is 0 Å². The fourth-order valence-corrected chi connectivity index (χ4v) is 8.13. The van der Waals surface area contributed by atoms with Crippen molar-refractivity contribution in [2.24, 2.45) is 28.6 Å². The van der Waals surface area contributed by atoms with Crippen molar-refractivity contribution >= 4 is 17.7 Å². The molecule has 0 amide bonds. The van der Waals surface area contributed by atoms with Crippen LogP contribution in [-0.2, 0) is 23.9 Å². The Hall–Kier alpha value is -1.73. The van der Waals surface area contributed by atoms with Crippen LogP contribution in [-0.4, -0.2) is 52.4 Å². The summed E-state index contributed by atoms with van der Waals surface area (Å²) < 4.78 is 11.7. The highest BCUT2D eigenvalue weighted by atomic mass is 16.6. The fourth-order valence-electron chi connectivity index (χ4n) is 8.13. The molecule has 0 aromatic carbocycles. The minimum atomic E-state index is -1.09. The van der Waals surface area contributed by atoms with Gasteiger partial charge in [-0.3, -0.25) is 14.4 Å². The van der Waals surface area contributed by atoms with Crippen LogP contribution in [0.25, 0.3) is 0 Å². The quantitative estimate of drug-likeness (QED) is 0.399. The van der Waals surface area contributed by atoms with Gasteiger partial charge in [-0.05, 0) is 38.0 Å². The van der Waals surface area contributed by atoms with Gasteiger partial charge in [0.25, 0.3) is 0 Å². The van der Waals surface area contributed by atoms with Crippen LogP contribution in [0, 0.1) is 28.6 Å². The van der Waals surface area contributed by atoms with E-state index in [1.165, 1.54) is 7.11 Å². The maximum absolute atomic E-state index is 13.0. The van der Waals surface area contributed by atoms with E-state index in [9.17, 15) is 24.6 Å². The molecule has 4 aliphatic carbocycles. The van der Waals surface area contributed by atoms with E-state index < -0.39 is 28.5 Å². The summed E-state index contributed by atoms with van der Waals surface area (Å²) in [5.74, 6) is -1.69. The lowest BCUT2D eigenvalue weighted by atomic mass is 9.44. The molecule has 5 aliphatic rings. The molecule has 7 heteroatoms. The van der Waals surface area contributed by atoms with Crippen LogP contribution in [0.4, 0.5) is 0 Å². The molecule has 0 aromatic heterocycles. The number of fused-ring (bicyclic) bond motifs is 3. The molecule has 8 atom stereocenters. The van der Waals surface area contributed by atoms with Gasteiger partial charge in [0, 0.05) is 36.0 Å². The van der Waals surface area contributed by atoms with Gasteiger partial charge in [-0.2, -0.15) is 0 Å². The number of carbonyl (C=O) groups is 3. The molecule has 4 fully saturated rings. The Morgan fingerprint density at radius 1 is 1.29 bits per heavy atom. The van der Waals surface area contributed by atoms with Gasteiger partial charge in [0.05, 0.1) is 24.7 Å². The van der Waals surface area contributed by atoms with Crippen molar-refractivity contribution in [1.82, 2.24) is 0 Å². The average Bonchev–Trinajstić information content (AvgIpc) is 3.38. The van der Waals surface area contributed by atoms with Gasteiger partial charge in [0.1, 0.15) is 11.4 Å². The number of methoxy groups -OCH3 is 1. The summed E-state index contributed by atoms with van der Waals surface area (Å²) in [4.78, 5) is 36.5. The highest BCUT2D eigenvalue weighted by Gasteiger charge is 2.82. The summed E-state index contributed by atoms with van der Waals surface area (Å²) in [6.07, 6.45) is 5.48. The number of carbonyl (C=O) groups excluding carboxylic acids is 2. The number of hydrogen-bond donors (Lipinski definition) is 2. The maximum Gasteiger partial charge on any atom is 0.312 e. The van der Waals surface area contributed by atoms with Crippen LogP contribution in [0.1, 0.15) is 65.2 Å². The zero-order chi connectivity index (χ0) is 22.4. The number of hydrogen-bond acceptors (Lipinski definition) is 6. The summed E-state index contributed by atoms with van der Waals surface area (Å²) in [5.41, 5.74) is -1.44. The van der Waals surface area contributed by atoms with E-state index in [4.69, 9.17) is 9.47 Å². The van der Waals surface area contributed by atoms with Gasteiger partial charge in [-0.15, -0.1) is 0 Å². The predicted octanol–water partition coefficient (Wildman–Crippen LogP) is 2.64. The second kappa shape index (κ2) is 6.41. The molecule has 3 saturated carbocycles. The standard InChI is InChI=1S/C24H32O7/c1-21-7-4-14(25)10-13(21)11-15(20(28)30-3)19-16-5-8-23(29,9-6-18(26)27)22(16,2)12-17-24(19,21)31-17/h11,15-17,19,29H,4-10,12H2,1-3H3,(H,26,27)/t15-,16?,17-,19?,21+,22+,23-,24-/m1/s1. The minimum absolute atomic E-state index is 0.0152. The van der Waals surface area contributed by atoms with E-state index in [1.807, 2.05) is 6.08 Å². The number of epoxide rings is 1. The molecule has 170 valence electrons. The molecule has 1 saturated heterocycles. The first-order valence-corrected chi connectivity index (χ1v) is 11.5. The number of aliphatic hydroxyl groups is 1. The van der Waals surface area contributed by atoms with E-state index in [2.05, 4.69) is 13.8 Å². The van der Waals surface area contributed by atoms with Gasteiger partial charge in [0.15, 0.2) is 0 Å². The van der Waals surface area contributed by atoms with Crippen LogP contribution in [0.3, 0.4) is 0 Å². The Balaban J connectivity index is 1.60. The van der Waals surface area contributed by atoms with Crippen LogP contribution in [0.15, 0.2) is 11.6 Å². The maximum atomic E-state index is 13.0. The highest BCUT2D eigenvalue weighted by molar-refractivity contribution is 5.84. The molecule has 1 spiro atoms. The Kier molecular flexibility index (Phi) is 4.37. The van der Waals surface area contributed by atoms with Gasteiger partial charge < -0.3 is 19.7 Å². The van der Waals surface area contributed by atoms with Gasteiger partial charge in [-0.25, -0.2) is 0 Å². The lowest BCUT2D eigenvalue weighted by Gasteiger charge is -2.57. The van der Waals surface area contributed by atoms with Crippen molar-refractivity contribution in [3.05, 3.63) is 11.6 Å². The molecule has 2 N–H and O–H groups in total. The molecule has 0 radical (unpaired) electrons. The van der Waals surface area contributed by atoms with Crippen molar-refractivity contribution < 1.29 is 34.1 Å². The summed E-state index contributed by atoms with van der Waals surface area (Å²) in [6, 6.07) is 0. The molecule has 0 bridgehead atoms. The number of esters is 1. The third-order valence-corrected chi connectivity index (χ3v) is 9.90. The van der Waals surface area contributed by atoms with Crippen molar-refractivity contribution in [2.75, 3.05) is 7.11 Å². The summed E-state index contributed by atoms with van der Waals surface area (Å²) in [6.45, 7) is 4.23. The number of Topliss-reactive ketones (excluding diaryl/α,β-unsaturated/α-hetero) is 1. The third kappa shape index (κ3) is 2.50. The van der Waals surface area contributed by atoms with E-state index >= 15 is 0 Å². The Bertz CT molecular complexity index is 894. The number of rotatable bonds is 4. The molecule has 0 aromatic rings. The smallest absolute Gasteiger partial charge is 0.312 e. The number of aliphatic carboxylic acids is 1. The summed E-state index contributed by atoms with van der Waals surface area (Å²) >= 11 is 0. The highest BCUT2D eigenvalue weighted by Crippen LogP contribution is 2.77. The zero-order valence-corrected chi connectivity index (χ0v) is 18.5. The van der Waals surface area contributed by atoms with Gasteiger partial charge in [-0.1, -0.05) is 25.5 Å². The normalized spacial score (nSPS) is 49.8. The molecule has 5 rings (SSSR count). The Labute approximate surface area is 182 Å². The molecule has 2 unspecified atom stereocenters. The van der Waals surface area contributed by atoms with Crippen molar-refractivity contribution in [1.29, 1.82) is 0 Å². The predicted molar refractivity (Wildman–Crippen MR) is 109 cm³/mol. The fraction of sp³-hybridized carbons (Fsp3) is 0.792. The second-order valence-electron chi connectivity index (χ2n) is 10.9. The molecular formula is C24H32O7. The van der Waals surface area contributed by atoms with Crippen LogP contribution in [0.2, 0.25) is 0 Å². The molecule has 7 nitrogen and oxygen atoms in total. The monoisotopic (exact) mass is 432 g/mol. The number of carboxylic acid groups (broad SMARTS) is 1. The average molecular weight is 433 g/mol. The summed E-state index contributed by atoms with van der Waals surface area (Å²) in [7, 11) is 1.39. The first kappa shape index (κ1) is 21.1. The van der Waals surface area contributed by atoms with Gasteiger partial charge >= 0.3 is 11.9 Å². The lowest BCUT2D eigenvalue weighted by molar-refractivity contribution is -0.158. The molecule has 31 heavy (non-hydrogen) atoms. The summed E-state index contributed by atoms with van der Waals surface area (Å²) in [5, 5.41) is 20.9. The van der Waals surface area contributed by atoms with E-state index in [-0.39, 0.29) is 47.9 Å².